The van der Waals surface area contributed by atoms with Crippen LogP contribution in [0.15, 0.2) is 12.1 Å². The zero-order valence-electron chi connectivity index (χ0n) is 11.2. The van der Waals surface area contributed by atoms with Gasteiger partial charge in [0.25, 0.3) is 0 Å². The molecule has 2 N–H and O–H groups in total. The highest BCUT2D eigenvalue weighted by Crippen LogP contribution is 2.19. The number of carboxylic acid groups (broad SMARTS) is 1. The van der Waals surface area contributed by atoms with Crippen molar-refractivity contribution in [2.24, 2.45) is 0 Å². The van der Waals surface area contributed by atoms with Crippen LogP contribution in [0.3, 0.4) is 0 Å². The van der Waals surface area contributed by atoms with E-state index in [2.05, 4.69) is 27.3 Å². The third kappa shape index (κ3) is 3.41. The molecule has 0 unspecified atom stereocenters. The normalized spacial score (nSPS) is 16.3. The standard InChI is InChI=1S/C13H20N4O2/c1-2-9-17(10-5-7-14-8-6-10)12-4-3-11(13(18)19)15-16-12/h3-4,10,14H,2,5-9H2,1H3,(H,18,19). The van der Waals surface area contributed by atoms with E-state index in [9.17, 15) is 4.79 Å². The lowest BCUT2D eigenvalue weighted by Gasteiger charge is -2.35. The molecule has 0 amide bonds. The van der Waals surface area contributed by atoms with Crippen molar-refractivity contribution in [3.8, 4) is 0 Å². The summed E-state index contributed by atoms with van der Waals surface area (Å²) in [5.41, 5.74) is -0.00879. The molecule has 0 spiro atoms. The Bertz CT molecular complexity index is 415. The highest BCUT2D eigenvalue weighted by atomic mass is 16.4. The number of nitrogens with one attached hydrogen (secondary N) is 1. The maximum Gasteiger partial charge on any atom is 0.356 e. The van der Waals surface area contributed by atoms with Crippen LogP contribution in [-0.2, 0) is 0 Å². The number of carboxylic acids is 1. The van der Waals surface area contributed by atoms with Crippen molar-refractivity contribution in [2.75, 3.05) is 24.5 Å². The number of aromatic nitrogens is 2. The minimum Gasteiger partial charge on any atom is -0.476 e. The van der Waals surface area contributed by atoms with Gasteiger partial charge in [0.05, 0.1) is 0 Å². The highest BCUT2D eigenvalue weighted by molar-refractivity contribution is 5.85. The largest absolute Gasteiger partial charge is 0.476 e. The molecule has 0 bridgehead atoms. The summed E-state index contributed by atoms with van der Waals surface area (Å²) in [6.07, 6.45) is 3.21. The predicted octanol–water partition coefficient (Wildman–Crippen LogP) is 1.14. The summed E-state index contributed by atoms with van der Waals surface area (Å²) in [4.78, 5) is 13.0. The molecule has 2 heterocycles. The van der Waals surface area contributed by atoms with Crippen LogP contribution < -0.4 is 10.2 Å². The van der Waals surface area contributed by atoms with Crippen molar-refractivity contribution in [3.63, 3.8) is 0 Å². The fourth-order valence-corrected chi connectivity index (χ4v) is 2.44. The number of nitrogens with zero attached hydrogens (tertiary/aromatic N) is 3. The van der Waals surface area contributed by atoms with E-state index < -0.39 is 5.97 Å². The fourth-order valence-electron chi connectivity index (χ4n) is 2.44. The molecule has 0 atom stereocenters. The second-order valence-corrected chi connectivity index (χ2v) is 4.76. The quantitative estimate of drug-likeness (QED) is 0.830. The van der Waals surface area contributed by atoms with Crippen LogP contribution in [0, 0.1) is 0 Å². The van der Waals surface area contributed by atoms with Gasteiger partial charge in [-0.3, -0.25) is 0 Å². The molecule has 2 rings (SSSR count). The average Bonchev–Trinajstić information content (AvgIpc) is 2.46. The average molecular weight is 264 g/mol. The molecule has 104 valence electrons. The number of piperidine rings is 1. The maximum atomic E-state index is 10.8. The van der Waals surface area contributed by atoms with Gasteiger partial charge in [0.2, 0.25) is 0 Å². The molecule has 6 nitrogen and oxygen atoms in total. The van der Waals surface area contributed by atoms with Crippen LogP contribution in [0.1, 0.15) is 36.7 Å². The lowest BCUT2D eigenvalue weighted by Crippen LogP contribution is -2.44. The molecular weight excluding hydrogens is 244 g/mol. The molecular formula is C13H20N4O2. The number of aromatic carboxylic acids is 1. The number of hydrogen-bond acceptors (Lipinski definition) is 5. The number of rotatable bonds is 5. The van der Waals surface area contributed by atoms with E-state index in [-0.39, 0.29) is 5.69 Å². The van der Waals surface area contributed by atoms with Crippen molar-refractivity contribution < 1.29 is 9.90 Å². The first-order valence-corrected chi connectivity index (χ1v) is 6.76. The summed E-state index contributed by atoms with van der Waals surface area (Å²) < 4.78 is 0. The van der Waals surface area contributed by atoms with Crippen molar-refractivity contribution in [2.45, 2.75) is 32.2 Å². The first kappa shape index (κ1) is 13.7. The molecule has 0 saturated carbocycles. The van der Waals surface area contributed by atoms with E-state index in [0.29, 0.717) is 6.04 Å². The topological polar surface area (TPSA) is 78.4 Å². The Balaban J connectivity index is 2.15. The van der Waals surface area contributed by atoms with Gasteiger partial charge in [0, 0.05) is 12.6 Å². The van der Waals surface area contributed by atoms with Crippen LogP contribution >= 0.6 is 0 Å². The van der Waals surface area contributed by atoms with E-state index in [1.807, 2.05) is 0 Å². The van der Waals surface area contributed by atoms with E-state index in [4.69, 9.17) is 5.11 Å². The van der Waals surface area contributed by atoms with Gasteiger partial charge in [0.1, 0.15) is 0 Å². The van der Waals surface area contributed by atoms with Gasteiger partial charge in [0.15, 0.2) is 11.5 Å². The maximum absolute atomic E-state index is 10.8. The second-order valence-electron chi connectivity index (χ2n) is 4.76. The summed E-state index contributed by atoms with van der Waals surface area (Å²) >= 11 is 0. The Morgan fingerprint density at radius 2 is 2.16 bits per heavy atom. The number of hydrogen-bond donors (Lipinski definition) is 2. The smallest absolute Gasteiger partial charge is 0.356 e. The van der Waals surface area contributed by atoms with Crippen molar-refractivity contribution in [1.82, 2.24) is 15.5 Å². The van der Waals surface area contributed by atoms with Gasteiger partial charge < -0.3 is 15.3 Å². The molecule has 1 aromatic rings. The van der Waals surface area contributed by atoms with Crippen LogP contribution in [0.4, 0.5) is 5.82 Å². The third-order valence-corrected chi connectivity index (χ3v) is 3.38. The predicted molar refractivity (Wildman–Crippen MR) is 72.5 cm³/mol. The lowest BCUT2D eigenvalue weighted by atomic mass is 10.0. The minimum absolute atomic E-state index is 0.00879. The highest BCUT2D eigenvalue weighted by Gasteiger charge is 2.22. The van der Waals surface area contributed by atoms with E-state index in [1.165, 1.54) is 6.07 Å². The van der Waals surface area contributed by atoms with E-state index in [1.54, 1.807) is 6.07 Å². The second kappa shape index (κ2) is 6.47. The lowest BCUT2D eigenvalue weighted by molar-refractivity contribution is 0.0689. The summed E-state index contributed by atoms with van der Waals surface area (Å²) in [6, 6.07) is 3.74. The molecule has 0 radical (unpaired) electrons. The first-order valence-electron chi connectivity index (χ1n) is 6.76. The summed E-state index contributed by atoms with van der Waals surface area (Å²) in [6.45, 7) is 5.09. The molecule has 0 aromatic carbocycles. The van der Waals surface area contributed by atoms with E-state index >= 15 is 0 Å². The van der Waals surface area contributed by atoms with Crippen LogP contribution in [0.2, 0.25) is 0 Å². The van der Waals surface area contributed by atoms with Crippen molar-refractivity contribution >= 4 is 11.8 Å². The molecule has 1 fully saturated rings. The SMILES string of the molecule is CCCN(c1ccc(C(=O)O)nn1)C1CCNCC1. The van der Waals surface area contributed by atoms with E-state index in [0.717, 1.165) is 44.7 Å². The Morgan fingerprint density at radius 1 is 1.42 bits per heavy atom. The molecule has 1 aliphatic heterocycles. The van der Waals surface area contributed by atoms with Gasteiger partial charge in [-0.25, -0.2) is 4.79 Å². The zero-order valence-corrected chi connectivity index (χ0v) is 11.2. The summed E-state index contributed by atoms with van der Waals surface area (Å²) in [5.74, 6) is -0.262. The molecule has 0 aliphatic carbocycles. The zero-order chi connectivity index (χ0) is 13.7. The van der Waals surface area contributed by atoms with Gasteiger partial charge in [-0.15, -0.1) is 10.2 Å². The van der Waals surface area contributed by atoms with Gasteiger partial charge in [-0.1, -0.05) is 6.92 Å². The fraction of sp³-hybridized carbons (Fsp3) is 0.615. The Hall–Kier alpha value is -1.69. The third-order valence-electron chi connectivity index (χ3n) is 3.38. The van der Waals surface area contributed by atoms with Crippen LogP contribution in [0.25, 0.3) is 0 Å². The van der Waals surface area contributed by atoms with Gasteiger partial charge in [-0.2, -0.15) is 0 Å². The van der Waals surface area contributed by atoms with Crippen molar-refractivity contribution in [1.29, 1.82) is 0 Å². The molecule has 6 heteroatoms. The Morgan fingerprint density at radius 3 is 2.68 bits per heavy atom. The number of anilines is 1. The van der Waals surface area contributed by atoms with Crippen molar-refractivity contribution in [3.05, 3.63) is 17.8 Å². The van der Waals surface area contributed by atoms with Gasteiger partial charge >= 0.3 is 5.97 Å². The monoisotopic (exact) mass is 264 g/mol. The molecule has 1 aliphatic rings. The summed E-state index contributed by atoms with van der Waals surface area (Å²) in [5, 5.41) is 20.0. The first-order chi connectivity index (χ1) is 9.22. The molecule has 1 saturated heterocycles. The van der Waals surface area contributed by atoms with Crippen LogP contribution in [-0.4, -0.2) is 46.9 Å². The number of carbonyl (C=O) groups is 1. The molecule has 19 heavy (non-hydrogen) atoms. The minimum atomic E-state index is -1.04. The Kier molecular flexibility index (Phi) is 4.68. The summed E-state index contributed by atoms with van der Waals surface area (Å²) in [7, 11) is 0. The van der Waals surface area contributed by atoms with Crippen LogP contribution in [0.5, 0.6) is 0 Å². The van der Waals surface area contributed by atoms with Gasteiger partial charge in [-0.05, 0) is 44.5 Å². The molecule has 1 aromatic heterocycles. The Labute approximate surface area is 112 Å².